The van der Waals surface area contributed by atoms with Crippen LogP contribution in [0.1, 0.15) is 56.7 Å². The average molecular weight is 520 g/mol. The lowest BCUT2D eigenvalue weighted by Crippen LogP contribution is -2.38. The fourth-order valence-electron chi connectivity index (χ4n) is 4.78. The van der Waals surface area contributed by atoms with E-state index in [0.29, 0.717) is 28.3 Å². The van der Waals surface area contributed by atoms with E-state index in [0.717, 1.165) is 16.7 Å². The van der Waals surface area contributed by atoms with E-state index < -0.39 is 6.29 Å². The van der Waals surface area contributed by atoms with E-state index in [4.69, 9.17) is 9.47 Å². The Balaban J connectivity index is 1.39. The van der Waals surface area contributed by atoms with Gasteiger partial charge >= 0.3 is 0 Å². The van der Waals surface area contributed by atoms with Crippen molar-refractivity contribution in [3.63, 3.8) is 0 Å². The molecule has 7 nitrogen and oxygen atoms in total. The summed E-state index contributed by atoms with van der Waals surface area (Å²) in [4.78, 5) is 26.9. The number of fused-ring (bicyclic) bond motifs is 1. The van der Waals surface area contributed by atoms with Crippen molar-refractivity contribution >= 4 is 29.3 Å². The van der Waals surface area contributed by atoms with Crippen LogP contribution in [-0.4, -0.2) is 46.2 Å². The molecule has 0 saturated carbocycles. The van der Waals surface area contributed by atoms with Crippen LogP contribution < -0.4 is 4.90 Å². The summed E-state index contributed by atoms with van der Waals surface area (Å²) in [6.45, 7) is 2.18. The van der Waals surface area contributed by atoms with Crippen LogP contribution in [0, 0.1) is 5.92 Å². The van der Waals surface area contributed by atoms with Crippen LogP contribution in [0.4, 0.5) is 5.69 Å². The Kier molecular flexibility index (Phi) is 7.73. The molecule has 37 heavy (non-hydrogen) atoms. The molecule has 0 spiro atoms. The Morgan fingerprint density at radius 3 is 2.05 bits per heavy atom. The number of anilines is 1. The highest BCUT2D eigenvalue weighted by Crippen LogP contribution is 2.43. The summed E-state index contributed by atoms with van der Waals surface area (Å²) < 4.78 is 12.8. The van der Waals surface area contributed by atoms with Crippen molar-refractivity contribution in [2.24, 2.45) is 5.92 Å². The van der Waals surface area contributed by atoms with Crippen LogP contribution >= 0.6 is 11.8 Å². The molecule has 3 aromatic rings. The van der Waals surface area contributed by atoms with Gasteiger partial charge < -0.3 is 19.7 Å². The summed E-state index contributed by atoms with van der Waals surface area (Å²) >= 11 is 1.63. The smallest absolute Gasteiger partial charge is 0.266 e. The monoisotopic (exact) mass is 519 g/mol. The number of imide groups is 1. The fraction of sp³-hybridized carbons (Fsp3) is 0.310. The molecule has 0 radical (unpaired) electrons. The Morgan fingerprint density at radius 1 is 0.838 bits per heavy atom. The quantitative estimate of drug-likeness (QED) is 0.334. The third-order valence-corrected chi connectivity index (χ3v) is 7.89. The highest BCUT2D eigenvalue weighted by Gasteiger charge is 2.39. The molecule has 8 heteroatoms. The van der Waals surface area contributed by atoms with E-state index in [1.807, 2.05) is 36.4 Å². The van der Waals surface area contributed by atoms with Crippen LogP contribution in [0.25, 0.3) is 0 Å². The molecule has 2 aliphatic heterocycles. The molecule has 2 heterocycles. The lowest BCUT2D eigenvalue weighted by atomic mass is 9.91. The third-order valence-electron chi connectivity index (χ3n) is 6.86. The third kappa shape index (κ3) is 5.08. The van der Waals surface area contributed by atoms with Crippen LogP contribution in [0.15, 0.2) is 72.8 Å². The van der Waals surface area contributed by atoms with Crippen LogP contribution in [-0.2, 0) is 16.1 Å². The molecule has 192 valence electrons. The first kappa shape index (κ1) is 25.6. The van der Waals surface area contributed by atoms with Gasteiger partial charge in [0.25, 0.3) is 11.8 Å². The van der Waals surface area contributed by atoms with E-state index in [9.17, 15) is 19.8 Å². The van der Waals surface area contributed by atoms with Gasteiger partial charge in [-0.15, -0.1) is 0 Å². The SMILES string of the molecule is C[C@@H]1[C@H](CSCCO)O[C@H](c2ccc(N3C(=O)c4ccccc4C3=O)cc2)O[C@@H]1c1ccc(CO)cc1. The molecular formula is C29H29NO6S. The zero-order valence-electron chi connectivity index (χ0n) is 20.4. The lowest BCUT2D eigenvalue weighted by molar-refractivity contribution is -0.268. The molecule has 1 saturated heterocycles. The van der Waals surface area contributed by atoms with Gasteiger partial charge in [0, 0.05) is 23.0 Å². The second-order valence-corrected chi connectivity index (χ2v) is 10.4. The number of aliphatic hydroxyl groups is 2. The highest BCUT2D eigenvalue weighted by molar-refractivity contribution is 7.99. The van der Waals surface area contributed by atoms with Gasteiger partial charge in [-0.3, -0.25) is 9.59 Å². The normalized spacial score (nSPS) is 23.4. The number of ether oxygens (including phenoxy) is 2. The first-order valence-corrected chi connectivity index (χ1v) is 13.4. The molecule has 0 aromatic heterocycles. The van der Waals surface area contributed by atoms with E-state index >= 15 is 0 Å². The van der Waals surface area contributed by atoms with E-state index in [1.165, 1.54) is 4.90 Å². The van der Waals surface area contributed by atoms with Crippen molar-refractivity contribution in [3.05, 3.63) is 101 Å². The molecule has 1 fully saturated rings. The zero-order chi connectivity index (χ0) is 25.9. The maximum Gasteiger partial charge on any atom is 0.266 e. The van der Waals surface area contributed by atoms with Crippen molar-refractivity contribution in [3.8, 4) is 0 Å². The molecule has 2 N–H and O–H groups in total. The van der Waals surface area contributed by atoms with Gasteiger partial charge in [-0.05, 0) is 35.4 Å². The number of benzene rings is 3. The number of carbonyl (C=O) groups excluding carboxylic acids is 2. The van der Waals surface area contributed by atoms with Crippen molar-refractivity contribution < 1.29 is 29.3 Å². The molecule has 3 aromatic carbocycles. The summed E-state index contributed by atoms with van der Waals surface area (Å²) in [5.74, 6) is 0.725. The maximum absolute atomic E-state index is 12.9. The first-order chi connectivity index (χ1) is 18.0. The second kappa shape index (κ2) is 11.2. The number of thioether (sulfide) groups is 1. The number of rotatable bonds is 8. The molecule has 2 amide bonds. The van der Waals surface area contributed by atoms with Gasteiger partial charge in [-0.25, -0.2) is 4.90 Å². The van der Waals surface area contributed by atoms with E-state index in [2.05, 4.69) is 6.92 Å². The Labute approximate surface area is 220 Å². The minimum absolute atomic E-state index is 0.0209. The minimum Gasteiger partial charge on any atom is -0.396 e. The van der Waals surface area contributed by atoms with Gasteiger partial charge in [0.1, 0.15) is 0 Å². The number of hydrogen-bond acceptors (Lipinski definition) is 7. The first-order valence-electron chi connectivity index (χ1n) is 12.3. The van der Waals surface area contributed by atoms with Gasteiger partial charge in [-0.2, -0.15) is 11.8 Å². The number of nitrogens with zero attached hydrogens (tertiary/aromatic N) is 1. The lowest BCUT2D eigenvalue weighted by Gasteiger charge is -2.41. The van der Waals surface area contributed by atoms with Crippen LogP contribution in [0.3, 0.4) is 0 Å². The molecule has 4 atom stereocenters. The summed E-state index contributed by atoms with van der Waals surface area (Å²) in [5, 5.41) is 18.6. The van der Waals surface area contributed by atoms with Crippen molar-refractivity contribution in [1.82, 2.24) is 0 Å². The zero-order valence-corrected chi connectivity index (χ0v) is 21.3. The molecule has 2 aliphatic rings. The van der Waals surface area contributed by atoms with Gasteiger partial charge in [0.2, 0.25) is 0 Å². The second-order valence-electron chi connectivity index (χ2n) is 9.20. The number of carbonyl (C=O) groups is 2. The largest absolute Gasteiger partial charge is 0.396 e. The van der Waals surface area contributed by atoms with E-state index in [-0.39, 0.29) is 43.2 Å². The van der Waals surface area contributed by atoms with E-state index in [1.54, 1.807) is 48.2 Å². The maximum atomic E-state index is 12.9. The summed E-state index contributed by atoms with van der Waals surface area (Å²) in [5.41, 5.74) is 3.91. The predicted octanol–water partition coefficient (Wildman–Crippen LogP) is 4.50. The molecular weight excluding hydrogens is 490 g/mol. The van der Waals surface area contributed by atoms with Gasteiger partial charge in [0.05, 0.1) is 42.2 Å². The molecule has 5 rings (SSSR count). The number of amides is 2. The summed E-state index contributed by atoms with van der Waals surface area (Å²) in [6.07, 6.45) is -0.995. The van der Waals surface area contributed by atoms with Crippen molar-refractivity contribution in [1.29, 1.82) is 0 Å². The number of hydrogen-bond donors (Lipinski definition) is 2. The fourth-order valence-corrected chi connectivity index (χ4v) is 5.69. The Morgan fingerprint density at radius 2 is 1.46 bits per heavy atom. The molecule has 0 unspecified atom stereocenters. The van der Waals surface area contributed by atoms with Crippen LogP contribution in [0.5, 0.6) is 0 Å². The number of aliphatic hydroxyl groups excluding tert-OH is 2. The molecule has 0 bridgehead atoms. The topological polar surface area (TPSA) is 96.3 Å². The Bertz CT molecular complexity index is 1230. The van der Waals surface area contributed by atoms with Crippen molar-refractivity contribution in [2.45, 2.75) is 32.0 Å². The van der Waals surface area contributed by atoms with Crippen molar-refractivity contribution in [2.75, 3.05) is 23.0 Å². The van der Waals surface area contributed by atoms with Gasteiger partial charge in [-0.1, -0.05) is 55.5 Å². The van der Waals surface area contributed by atoms with Crippen LogP contribution in [0.2, 0.25) is 0 Å². The summed E-state index contributed by atoms with van der Waals surface area (Å²) in [7, 11) is 0. The summed E-state index contributed by atoms with van der Waals surface area (Å²) in [6, 6.07) is 21.7. The highest BCUT2D eigenvalue weighted by atomic mass is 32.2. The molecule has 0 aliphatic carbocycles. The standard InChI is InChI=1S/C29H29NO6S/c1-18-25(17-37-15-14-31)35-29(36-26(18)20-8-6-19(16-32)7-9-20)21-10-12-22(13-11-21)30-27(33)23-4-2-3-5-24(23)28(30)34/h2-13,18,25-26,29,31-32H,14-17H2,1H3/t18-,25+,26+,29+/m1/s1. The minimum atomic E-state index is -0.644. The predicted molar refractivity (Wildman–Crippen MR) is 141 cm³/mol. The van der Waals surface area contributed by atoms with Gasteiger partial charge in [0.15, 0.2) is 6.29 Å². The Hall–Kier alpha value is -3.01. The average Bonchev–Trinajstić information content (AvgIpc) is 3.19.